The van der Waals surface area contributed by atoms with Crippen molar-refractivity contribution in [3.8, 4) is 0 Å². The Balaban J connectivity index is 1.67. The summed E-state index contributed by atoms with van der Waals surface area (Å²) in [6, 6.07) is 7.88. The van der Waals surface area contributed by atoms with E-state index >= 15 is 0 Å². The van der Waals surface area contributed by atoms with Gasteiger partial charge >= 0.3 is 0 Å². The van der Waals surface area contributed by atoms with Crippen LogP contribution in [0.2, 0.25) is 0 Å². The van der Waals surface area contributed by atoms with Gasteiger partial charge in [-0.05, 0) is 45.3 Å². The number of likely N-dealkylation sites (tertiary alicyclic amines) is 1. The van der Waals surface area contributed by atoms with Gasteiger partial charge in [-0.25, -0.2) is 0 Å². The van der Waals surface area contributed by atoms with Crippen LogP contribution in [0.15, 0.2) is 24.3 Å². The Morgan fingerprint density at radius 1 is 1.22 bits per heavy atom. The average Bonchev–Trinajstić information content (AvgIpc) is 2.79. The molecule has 0 aromatic heterocycles. The third kappa shape index (κ3) is 2.47. The Morgan fingerprint density at radius 2 is 2.00 bits per heavy atom. The van der Waals surface area contributed by atoms with Gasteiger partial charge in [0.05, 0.1) is 25.1 Å². The lowest BCUT2D eigenvalue weighted by Gasteiger charge is -2.37. The average molecular weight is 316 g/mol. The number of amides is 1. The summed E-state index contributed by atoms with van der Waals surface area (Å²) in [5, 5.41) is 0. The zero-order valence-electron chi connectivity index (χ0n) is 13.7. The molecular weight excluding hydrogens is 292 g/mol. The number of ether oxygens (including phenoxy) is 2. The molecular formula is C18H24N2O3. The molecule has 0 N–H and O–H groups in total. The van der Waals surface area contributed by atoms with Crippen molar-refractivity contribution in [2.24, 2.45) is 0 Å². The van der Waals surface area contributed by atoms with Gasteiger partial charge in [0.25, 0.3) is 11.7 Å². The summed E-state index contributed by atoms with van der Waals surface area (Å²) in [5.74, 6) is -1.31. The van der Waals surface area contributed by atoms with Crippen molar-refractivity contribution >= 4 is 11.6 Å². The maximum Gasteiger partial charge on any atom is 0.293 e. The lowest BCUT2D eigenvalue weighted by molar-refractivity contribution is -0.277. The van der Waals surface area contributed by atoms with Crippen molar-refractivity contribution in [1.29, 1.82) is 0 Å². The Kier molecular flexibility index (Phi) is 3.87. The van der Waals surface area contributed by atoms with E-state index in [2.05, 4.69) is 4.90 Å². The van der Waals surface area contributed by atoms with Crippen LogP contribution in [0.25, 0.3) is 0 Å². The second kappa shape index (κ2) is 5.89. The van der Waals surface area contributed by atoms with E-state index in [9.17, 15) is 4.79 Å². The molecule has 2 fully saturated rings. The van der Waals surface area contributed by atoms with E-state index in [0.717, 1.165) is 30.8 Å². The lowest BCUT2D eigenvalue weighted by atomic mass is 10.1. The number of para-hydroxylation sites is 1. The Labute approximate surface area is 137 Å². The minimum Gasteiger partial charge on any atom is -0.338 e. The minimum atomic E-state index is -1.23. The Hall–Kier alpha value is -1.43. The molecule has 5 heteroatoms. The normalized spacial score (nSPS) is 31.6. The topological polar surface area (TPSA) is 42.0 Å². The molecule has 1 aromatic rings. The van der Waals surface area contributed by atoms with E-state index in [-0.39, 0.29) is 12.0 Å². The van der Waals surface area contributed by atoms with Crippen molar-refractivity contribution in [3.05, 3.63) is 29.8 Å². The van der Waals surface area contributed by atoms with Crippen molar-refractivity contribution in [1.82, 2.24) is 4.90 Å². The van der Waals surface area contributed by atoms with E-state index in [1.165, 1.54) is 19.3 Å². The van der Waals surface area contributed by atoms with Gasteiger partial charge in [0.1, 0.15) is 0 Å². The van der Waals surface area contributed by atoms with Crippen LogP contribution in [0.4, 0.5) is 5.69 Å². The van der Waals surface area contributed by atoms with Crippen molar-refractivity contribution < 1.29 is 14.3 Å². The number of rotatable bonds is 2. The summed E-state index contributed by atoms with van der Waals surface area (Å²) in [6.45, 7) is 5.29. The van der Waals surface area contributed by atoms with Crippen molar-refractivity contribution in [3.63, 3.8) is 0 Å². The molecule has 3 heterocycles. The second-order valence-corrected chi connectivity index (χ2v) is 6.75. The van der Waals surface area contributed by atoms with Gasteiger partial charge < -0.3 is 9.47 Å². The predicted molar refractivity (Wildman–Crippen MR) is 87.0 cm³/mol. The molecule has 0 aliphatic carbocycles. The standard InChI is InChI=1S/C18H24N2O3/c1-14-9-12-22-18(23-14)15-7-3-4-8-16(15)20(17(18)21)13-19-10-5-2-6-11-19/h3-4,7-8,14H,2,5-6,9-13H2,1H3/t14-,18+/m1/s1. The number of hydrogen-bond acceptors (Lipinski definition) is 4. The molecule has 124 valence electrons. The Bertz CT molecular complexity index is 600. The fourth-order valence-electron chi connectivity index (χ4n) is 3.83. The zero-order chi connectivity index (χ0) is 15.9. The first kappa shape index (κ1) is 15.1. The number of hydrogen-bond donors (Lipinski definition) is 0. The highest BCUT2D eigenvalue weighted by molar-refractivity contribution is 6.06. The quantitative estimate of drug-likeness (QED) is 0.840. The van der Waals surface area contributed by atoms with Crippen LogP contribution < -0.4 is 4.90 Å². The van der Waals surface area contributed by atoms with Crippen molar-refractivity contribution in [2.45, 2.75) is 44.5 Å². The summed E-state index contributed by atoms with van der Waals surface area (Å²) < 4.78 is 12.0. The molecule has 23 heavy (non-hydrogen) atoms. The third-order valence-electron chi connectivity index (χ3n) is 5.06. The highest BCUT2D eigenvalue weighted by Gasteiger charge is 2.56. The van der Waals surface area contributed by atoms with Gasteiger partial charge in [-0.1, -0.05) is 24.6 Å². The predicted octanol–water partition coefficient (Wildman–Crippen LogP) is 2.45. The zero-order valence-corrected chi connectivity index (χ0v) is 13.7. The van der Waals surface area contributed by atoms with Gasteiger partial charge in [0.2, 0.25) is 0 Å². The first-order chi connectivity index (χ1) is 11.2. The molecule has 2 saturated heterocycles. The monoisotopic (exact) mass is 316 g/mol. The van der Waals surface area contributed by atoms with Gasteiger partial charge in [-0.15, -0.1) is 0 Å². The summed E-state index contributed by atoms with van der Waals surface area (Å²) in [6.07, 6.45) is 4.55. The first-order valence-corrected chi connectivity index (χ1v) is 8.66. The van der Waals surface area contributed by atoms with Crippen LogP contribution in [-0.2, 0) is 20.1 Å². The number of nitrogens with zero attached hydrogens (tertiary/aromatic N) is 2. The van der Waals surface area contributed by atoms with Gasteiger partial charge in [-0.3, -0.25) is 14.6 Å². The molecule has 1 amide bonds. The van der Waals surface area contributed by atoms with E-state index < -0.39 is 5.79 Å². The van der Waals surface area contributed by atoms with Crippen LogP contribution in [0.5, 0.6) is 0 Å². The second-order valence-electron chi connectivity index (χ2n) is 6.75. The number of anilines is 1. The maximum atomic E-state index is 13.2. The third-order valence-corrected chi connectivity index (χ3v) is 5.06. The van der Waals surface area contributed by atoms with E-state index in [1.807, 2.05) is 36.1 Å². The highest BCUT2D eigenvalue weighted by Crippen LogP contribution is 2.46. The molecule has 5 nitrogen and oxygen atoms in total. The highest BCUT2D eigenvalue weighted by atomic mass is 16.7. The SMILES string of the molecule is C[C@@H]1CCO[C@@]2(O1)C(=O)N(CN1CCCCC1)c1ccccc12. The molecule has 0 bridgehead atoms. The molecule has 3 aliphatic rings. The van der Waals surface area contributed by atoms with Gasteiger partial charge in [0.15, 0.2) is 0 Å². The largest absolute Gasteiger partial charge is 0.338 e. The summed E-state index contributed by atoms with van der Waals surface area (Å²) in [4.78, 5) is 17.4. The summed E-state index contributed by atoms with van der Waals surface area (Å²) >= 11 is 0. The molecule has 0 radical (unpaired) electrons. The van der Waals surface area contributed by atoms with Crippen LogP contribution in [0.3, 0.4) is 0 Å². The number of carbonyl (C=O) groups excluding carboxylic acids is 1. The van der Waals surface area contributed by atoms with Crippen LogP contribution in [0.1, 0.15) is 38.2 Å². The fourth-order valence-corrected chi connectivity index (χ4v) is 3.83. The minimum absolute atomic E-state index is 0.0238. The smallest absolute Gasteiger partial charge is 0.293 e. The molecule has 1 aromatic carbocycles. The molecule has 4 rings (SSSR count). The van der Waals surface area contributed by atoms with E-state index in [1.54, 1.807) is 0 Å². The fraction of sp³-hybridized carbons (Fsp3) is 0.611. The van der Waals surface area contributed by atoms with Crippen LogP contribution in [-0.4, -0.2) is 43.3 Å². The lowest BCUT2D eigenvalue weighted by Crippen LogP contribution is -2.51. The van der Waals surface area contributed by atoms with E-state index in [4.69, 9.17) is 9.47 Å². The van der Waals surface area contributed by atoms with E-state index in [0.29, 0.717) is 13.3 Å². The summed E-state index contributed by atoms with van der Waals surface area (Å²) in [5.41, 5.74) is 1.78. The van der Waals surface area contributed by atoms with Crippen molar-refractivity contribution in [2.75, 3.05) is 31.3 Å². The number of piperidine rings is 1. The maximum absolute atomic E-state index is 13.2. The van der Waals surface area contributed by atoms with Gasteiger partial charge in [0, 0.05) is 5.56 Å². The Morgan fingerprint density at radius 3 is 2.78 bits per heavy atom. The number of fused-ring (bicyclic) bond motifs is 2. The van der Waals surface area contributed by atoms with Gasteiger partial charge in [-0.2, -0.15) is 0 Å². The molecule has 0 unspecified atom stereocenters. The molecule has 1 spiro atoms. The molecule has 0 saturated carbocycles. The van der Waals surface area contributed by atoms with Crippen LogP contribution in [0, 0.1) is 0 Å². The number of carbonyl (C=O) groups is 1. The van der Waals surface area contributed by atoms with Crippen LogP contribution >= 0.6 is 0 Å². The molecule has 2 atom stereocenters. The first-order valence-electron chi connectivity index (χ1n) is 8.66. The number of benzene rings is 1. The summed E-state index contributed by atoms with van der Waals surface area (Å²) in [7, 11) is 0. The molecule has 3 aliphatic heterocycles.